The first kappa shape index (κ1) is 17.6. The predicted octanol–water partition coefficient (Wildman–Crippen LogP) is 1.50. The van der Waals surface area contributed by atoms with E-state index in [4.69, 9.17) is 5.26 Å². The quantitative estimate of drug-likeness (QED) is 0.428. The van der Waals surface area contributed by atoms with Crippen LogP contribution in [0.2, 0.25) is 0 Å². The highest BCUT2D eigenvalue weighted by molar-refractivity contribution is 7.89. The van der Waals surface area contributed by atoms with Crippen LogP contribution in [0.3, 0.4) is 0 Å². The number of hydrogen-bond donors (Lipinski definition) is 0. The molecule has 3 rings (SSSR count). The van der Waals surface area contributed by atoms with E-state index in [1.165, 1.54) is 27.4 Å². The molecule has 1 aliphatic carbocycles. The van der Waals surface area contributed by atoms with Gasteiger partial charge in [-0.15, -0.1) is 0 Å². The van der Waals surface area contributed by atoms with Gasteiger partial charge in [0.15, 0.2) is 11.1 Å². The zero-order chi connectivity index (χ0) is 18.2. The van der Waals surface area contributed by atoms with Gasteiger partial charge in [0.2, 0.25) is 10.0 Å². The second-order valence-electron chi connectivity index (χ2n) is 6.31. The number of nitro groups is 1. The molecule has 0 spiro atoms. The maximum absolute atomic E-state index is 14.1. The van der Waals surface area contributed by atoms with Crippen LogP contribution in [0.1, 0.15) is 12.8 Å². The molecule has 0 unspecified atom stereocenters. The number of rotatable bonds is 6. The molecule has 2 aliphatic rings. The van der Waals surface area contributed by atoms with E-state index in [2.05, 4.69) is 0 Å². The summed E-state index contributed by atoms with van der Waals surface area (Å²) in [5, 5.41) is 20.1. The predicted molar refractivity (Wildman–Crippen MR) is 85.6 cm³/mol. The first-order valence-electron chi connectivity index (χ1n) is 7.88. The summed E-state index contributed by atoms with van der Waals surface area (Å²) in [6.45, 7) is 0.0108. The van der Waals surface area contributed by atoms with E-state index in [1.54, 1.807) is 0 Å². The number of benzene rings is 1. The number of halogens is 1. The van der Waals surface area contributed by atoms with E-state index in [1.807, 2.05) is 6.19 Å². The van der Waals surface area contributed by atoms with E-state index < -0.39 is 32.7 Å². The van der Waals surface area contributed by atoms with E-state index in [0.717, 1.165) is 6.07 Å². The number of nitro benzene ring substituents is 1. The monoisotopic (exact) mass is 368 g/mol. The molecule has 1 aromatic carbocycles. The maximum atomic E-state index is 14.1. The fourth-order valence-corrected chi connectivity index (χ4v) is 4.98. The van der Waals surface area contributed by atoms with Gasteiger partial charge in [-0.05, 0) is 18.9 Å². The Morgan fingerprint density at radius 1 is 1.36 bits per heavy atom. The van der Waals surface area contributed by atoms with Gasteiger partial charge in [0.05, 0.1) is 11.5 Å². The fourth-order valence-electron chi connectivity index (χ4n) is 3.07. The van der Waals surface area contributed by atoms with Crippen molar-refractivity contribution in [2.24, 2.45) is 5.92 Å². The minimum atomic E-state index is -4.13. The number of para-hydroxylation sites is 1. The molecule has 0 aromatic heterocycles. The van der Waals surface area contributed by atoms with Crippen LogP contribution >= 0.6 is 0 Å². The molecule has 0 radical (unpaired) electrons. The third-order valence-corrected chi connectivity index (χ3v) is 6.49. The third-order valence-electron chi connectivity index (χ3n) is 4.52. The first-order valence-corrected chi connectivity index (χ1v) is 9.32. The van der Waals surface area contributed by atoms with E-state index in [-0.39, 0.29) is 30.6 Å². The summed E-state index contributed by atoms with van der Waals surface area (Å²) in [6, 6.07) is 4.90. The molecular weight excluding hydrogens is 351 g/mol. The summed E-state index contributed by atoms with van der Waals surface area (Å²) in [7, 11) is -4.13. The molecule has 1 saturated heterocycles. The summed E-state index contributed by atoms with van der Waals surface area (Å²) in [5.74, 6) is -0.627. The number of likely N-dealkylation sites (tertiary alicyclic amines) is 1. The Balaban J connectivity index is 1.91. The van der Waals surface area contributed by atoms with E-state index >= 15 is 0 Å². The maximum Gasteiger partial charge on any atom is 0.289 e. The van der Waals surface area contributed by atoms with Crippen LogP contribution in [0.5, 0.6) is 0 Å². The molecule has 1 aromatic rings. The van der Waals surface area contributed by atoms with Crippen molar-refractivity contribution < 1.29 is 17.7 Å². The minimum absolute atomic E-state index is 0.0504. The van der Waals surface area contributed by atoms with Crippen molar-refractivity contribution in [1.29, 1.82) is 5.26 Å². The highest BCUT2D eigenvalue weighted by Crippen LogP contribution is 2.36. The molecule has 0 amide bonds. The molecule has 0 bridgehead atoms. The normalized spacial score (nSPS) is 23.6. The Morgan fingerprint density at radius 2 is 2.04 bits per heavy atom. The lowest BCUT2D eigenvalue weighted by atomic mass is 10.1. The van der Waals surface area contributed by atoms with Crippen LogP contribution < -0.4 is 0 Å². The molecule has 10 heteroatoms. The van der Waals surface area contributed by atoms with Gasteiger partial charge in [0.25, 0.3) is 5.69 Å². The van der Waals surface area contributed by atoms with Crippen LogP contribution in [0.4, 0.5) is 10.1 Å². The Morgan fingerprint density at radius 3 is 2.60 bits per heavy atom. The topological polar surface area (TPSA) is 108 Å². The lowest BCUT2D eigenvalue weighted by molar-refractivity contribution is -0.387. The fraction of sp³-hybridized carbons (Fsp3) is 0.533. The van der Waals surface area contributed by atoms with Crippen molar-refractivity contribution in [3.63, 3.8) is 0 Å². The zero-order valence-corrected chi connectivity index (χ0v) is 14.1. The molecule has 25 heavy (non-hydrogen) atoms. The summed E-state index contributed by atoms with van der Waals surface area (Å²) < 4.78 is 41.3. The molecule has 8 nitrogen and oxygen atoms in total. The summed E-state index contributed by atoms with van der Waals surface area (Å²) in [4.78, 5) is 11.3. The molecule has 1 heterocycles. The van der Waals surface area contributed by atoms with Crippen molar-refractivity contribution in [2.45, 2.75) is 30.0 Å². The highest BCUT2D eigenvalue weighted by atomic mass is 32.2. The Hall–Kier alpha value is -2.25. The summed E-state index contributed by atoms with van der Waals surface area (Å²) in [5.41, 5.74) is -0.491. The Labute approximate surface area is 144 Å². The van der Waals surface area contributed by atoms with Gasteiger partial charge >= 0.3 is 0 Å². The van der Waals surface area contributed by atoms with Crippen LogP contribution in [-0.4, -0.2) is 54.4 Å². The standard InChI is InChI=1S/C15H17FN4O4S/c16-13-9-18(10-17)7-11(13)8-19(12-5-6-12)25(23,24)15-4-2-1-3-14(15)20(21)22/h1-4,11-13H,5-9H2/t11-,13-/m1/s1. The van der Waals surface area contributed by atoms with Crippen molar-refractivity contribution in [3.8, 4) is 6.19 Å². The van der Waals surface area contributed by atoms with Gasteiger partial charge in [-0.25, -0.2) is 12.8 Å². The smallest absolute Gasteiger partial charge is 0.289 e. The Kier molecular flexibility index (Phi) is 4.62. The van der Waals surface area contributed by atoms with Crippen molar-refractivity contribution >= 4 is 15.7 Å². The van der Waals surface area contributed by atoms with Gasteiger partial charge in [0, 0.05) is 31.1 Å². The van der Waals surface area contributed by atoms with E-state index in [0.29, 0.717) is 12.8 Å². The molecule has 1 aliphatic heterocycles. The molecule has 2 atom stereocenters. The number of nitriles is 1. The van der Waals surface area contributed by atoms with E-state index in [9.17, 15) is 22.9 Å². The average Bonchev–Trinajstić information content (AvgIpc) is 3.35. The van der Waals surface area contributed by atoms with Crippen LogP contribution in [-0.2, 0) is 10.0 Å². The molecule has 2 fully saturated rings. The van der Waals surface area contributed by atoms with Crippen LogP contribution in [0, 0.1) is 27.5 Å². The number of hydrogen-bond acceptors (Lipinski definition) is 6. The second kappa shape index (κ2) is 6.57. The third kappa shape index (κ3) is 3.43. The van der Waals surface area contributed by atoms with Crippen molar-refractivity contribution in [3.05, 3.63) is 34.4 Å². The average molecular weight is 368 g/mol. The summed E-state index contributed by atoms with van der Waals surface area (Å²) >= 11 is 0. The lowest BCUT2D eigenvalue weighted by Gasteiger charge is -2.25. The number of nitrogens with zero attached hydrogens (tertiary/aromatic N) is 4. The SMILES string of the molecule is N#CN1C[C@H](CN(C2CC2)S(=O)(=O)c2ccccc2[N+](=O)[O-])[C@H](F)C1. The number of alkyl halides is 1. The molecule has 0 N–H and O–H groups in total. The first-order chi connectivity index (χ1) is 11.8. The lowest BCUT2D eigenvalue weighted by Crippen LogP contribution is -2.39. The Bertz CT molecular complexity index is 821. The van der Waals surface area contributed by atoms with Crippen molar-refractivity contribution in [1.82, 2.24) is 9.21 Å². The highest BCUT2D eigenvalue weighted by Gasteiger charge is 2.44. The number of sulfonamides is 1. The minimum Gasteiger partial charge on any atom is -0.307 e. The largest absolute Gasteiger partial charge is 0.307 e. The van der Waals surface area contributed by atoms with Gasteiger partial charge in [0.1, 0.15) is 6.17 Å². The summed E-state index contributed by atoms with van der Waals surface area (Å²) in [6.07, 6.45) is 1.86. The molecule has 1 saturated carbocycles. The van der Waals surface area contributed by atoms with Gasteiger partial charge in [-0.2, -0.15) is 9.57 Å². The zero-order valence-electron chi connectivity index (χ0n) is 13.3. The van der Waals surface area contributed by atoms with Crippen molar-refractivity contribution in [2.75, 3.05) is 19.6 Å². The second-order valence-corrected chi connectivity index (χ2v) is 8.17. The van der Waals surface area contributed by atoms with Gasteiger partial charge < -0.3 is 4.90 Å². The molecular formula is C15H17FN4O4S. The van der Waals surface area contributed by atoms with Gasteiger partial charge in [-0.3, -0.25) is 10.1 Å². The van der Waals surface area contributed by atoms with Crippen LogP contribution in [0.25, 0.3) is 0 Å². The van der Waals surface area contributed by atoms with Crippen LogP contribution in [0.15, 0.2) is 29.2 Å². The molecule has 134 valence electrons. The van der Waals surface area contributed by atoms with Gasteiger partial charge in [-0.1, -0.05) is 12.1 Å².